The number of hydrogen-bond acceptors (Lipinski definition) is 2. The van der Waals surface area contributed by atoms with Gasteiger partial charge >= 0.3 is 0 Å². The average molecular weight is 319 g/mol. The predicted octanol–water partition coefficient (Wildman–Crippen LogP) is 4.08. The summed E-state index contributed by atoms with van der Waals surface area (Å²) in [6, 6.07) is 8.27. The molecule has 0 fully saturated rings. The molecule has 2 rings (SSSR count). The quantitative estimate of drug-likeness (QED) is 0.832. The number of rotatable bonds is 5. The van der Waals surface area contributed by atoms with E-state index in [1.165, 1.54) is 11.3 Å². The minimum atomic E-state index is -1.94. The highest BCUT2D eigenvalue weighted by Crippen LogP contribution is 2.50. The summed E-state index contributed by atoms with van der Waals surface area (Å²) < 4.78 is 2.49. The smallest absolute Gasteiger partial charge is 0.239 e. The van der Waals surface area contributed by atoms with Gasteiger partial charge in [-0.3, -0.25) is 4.79 Å². The number of nitrogens with two attached hydrogens (primary N) is 1. The van der Waals surface area contributed by atoms with Gasteiger partial charge in [-0.15, -0.1) is 0 Å². The van der Waals surface area contributed by atoms with Crippen LogP contribution in [0.2, 0.25) is 16.6 Å². The second-order valence-electron chi connectivity index (χ2n) is 7.47. The lowest BCUT2D eigenvalue weighted by Crippen LogP contribution is -2.65. The van der Waals surface area contributed by atoms with Gasteiger partial charge in [-0.1, -0.05) is 59.7 Å². The molecule has 2 N–H and O–H groups in total. The number of carbonyl (C=O) groups excluding carboxylic acids is 1. The molecule has 1 amide bonds. The number of carbonyl (C=O) groups is 1. The zero-order chi connectivity index (χ0) is 16.7. The molecule has 0 aromatic heterocycles. The third kappa shape index (κ3) is 2.37. The normalized spacial score (nSPS) is 18.4. The predicted molar refractivity (Wildman–Crippen MR) is 96.7 cm³/mol. The number of nitrogens with zero attached hydrogens (tertiary/aromatic N) is 1. The fourth-order valence-electron chi connectivity index (χ4n) is 4.93. The van der Waals surface area contributed by atoms with E-state index >= 15 is 0 Å². The summed E-state index contributed by atoms with van der Waals surface area (Å²) in [6.45, 7) is 13.9. The van der Waals surface area contributed by atoms with E-state index in [-0.39, 0.29) is 11.9 Å². The summed E-state index contributed by atoms with van der Waals surface area (Å²) in [6.07, 6.45) is 0.756. The van der Waals surface area contributed by atoms with Crippen LogP contribution in [0.25, 0.3) is 0 Å². The van der Waals surface area contributed by atoms with Crippen LogP contribution >= 0.6 is 0 Å². The Balaban J connectivity index is 2.69. The first-order chi connectivity index (χ1) is 10.2. The van der Waals surface area contributed by atoms with E-state index in [1.54, 1.807) is 0 Å². The van der Waals surface area contributed by atoms with Crippen molar-refractivity contribution in [3.8, 4) is 0 Å². The average Bonchev–Trinajstić information content (AvgIpc) is 2.78. The molecule has 1 aromatic rings. The van der Waals surface area contributed by atoms with Crippen LogP contribution < -0.4 is 10.3 Å². The standard InChI is InChI=1S/C18H30N2OSi/c1-12(2)22(13(3)4,14(5)6)20-16-10-8-7-9-15(16)11-17(20)18(19)21/h7-10,12-14,17H,11H2,1-6H3,(H2,19,21). The van der Waals surface area contributed by atoms with Gasteiger partial charge in [-0.2, -0.15) is 0 Å². The maximum atomic E-state index is 12.2. The van der Waals surface area contributed by atoms with Crippen molar-refractivity contribution in [1.82, 2.24) is 0 Å². The second-order valence-corrected chi connectivity index (χ2v) is 13.2. The molecule has 1 aromatic carbocycles. The number of amides is 1. The summed E-state index contributed by atoms with van der Waals surface area (Å²) in [5, 5.41) is 0. The largest absolute Gasteiger partial charge is 0.385 e. The number of para-hydroxylation sites is 1. The van der Waals surface area contributed by atoms with E-state index in [2.05, 4.69) is 70.4 Å². The first-order valence-electron chi connectivity index (χ1n) is 8.41. The molecule has 0 bridgehead atoms. The number of anilines is 1. The second kappa shape index (κ2) is 6.07. The summed E-state index contributed by atoms with van der Waals surface area (Å²) >= 11 is 0. The number of hydrogen-bond donors (Lipinski definition) is 1. The molecule has 0 aliphatic carbocycles. The Morgan fingerprint density at radius 1 is 1.09 bits per heavy atom. The lowest BCUT2D eigenvalue weighted by Gasteiger charge is -2.52. The van der Waals surface area contributed by atoms with E-state index < -0.39 is 8.24 Å². The summed E-state index contributed by atoms with van der Waals surface area (Å²) in [5.74, 6) is -0.185. The maximum absolute atomic E-state index is 12.2. The fourth-order valence-corrected chi connectivity index (χ4v) is 12.0. The molecule has 0 spiro atoms. The molecule has 1 aliphatic rings. The monoisotopic (exact) mass is 318 g/mol. The van der Waals surface area contributed by atoms with Crippen LogP contribution in [-0.2, 0) is 11.2 Å². The van der Waals surface area contributed by atoms with E-state index in [9.17, 15) is 4.79 Å². The van der Waals surface area contributed by atoms with Crippen LogP contribution in [0.5, 0.6) is 0 Å². The van der Waals surface area contributed by atoms with Gasteiger partial charge in [0.25, 0.3) is 0 Å². The maximum Gasteiger partial charge on any atom is 0.239 e. The van der Waals surface area contributed by atoms with Gasteiger partial charge in [0, 0.05) is 12.1 Å². The Morgan fingerprint density at radius 3 is 2.05 bits per heavy atom. The lowest BCUT2D eigenvalue weighted by atomic mass is 10.1. The Kier molecular flexibility index (Phi) is 4.71. The summed E-state index contributed by atoms with van der Waals surface area (Å²) in [5.41, 5.74) is 9.99. The van der Waals surface area contributed by atoms with Crippen LogP contribution in [0.15, 0.2) is 24.3 Å². The highest BCUT2D eigenvalue weighted by Gasteiger charge is 2.54. The van der Waals surface area contributed by atoms with Crippen molar-refractivity contribution in [2.45, 2.75) is 70.6 Å². The molecule has 1 atom stereocenters. The van der Waals surface area contributed by atoms with Gasteiger partial charge in [0.2, 0.25) is 5.91 Å². The molecule has 4 heteroatoms. The SMILES string of the molecule is CC(C)[Si](C(C)C)(C(C)C)N1c2ccccc2CC1C(N)=O. The Hall–Kier alpha value is -1.29. The molecule has 22 heavy (non-hydrogen) atoms. The molecule has 1 unspecified atom stereocenters. The molecule has 122 valence electrons. The minimum absolute atomic E-state index is 0.184. The zero-order valence-electron chi connectivity index (χ0n) is 14.8. The summed E-state index contributed by atoms with van der Waals surface area (Å²) in [7, 11) is -1.94. The van der Waals surface area contributed by atoms with Crippen molar-refractivity contribution in [3.05, 3.63) is 29.8 Å². The van der Waals surface area contributed by atoms with E-state index in [0.29, 0.717) is 16.6 Å². The van der Waals surface area contributed by atoms with Gasteiger partial charge in [0.15, 0.2) is 8.24 Å². The van der Waals surface area contributed by atoms with Crippen molar-refractivity contribution in [2.75, 3.05) is 4.57 Å². The van der Waals surface area contributed by atoms with Crippen molar-refractivity contribution in [3.63, 3.8) is 0 Å². The van der Waals surface area contributed by atoms with Gasteiger partial charge < -0.3 is 10.3 Å². The van der Waals surface area contributed by atoms with Crippen molar-refractivity contribution < 1.29 is 4.79 Å². The van der Waals surface area contributed by atoms with Crippen LogP contribution in [0.4, 0.5) is 5.69 Å². The Morgan fingerprint density at radius 2 is 1.59 bits per heavy atom. The zero-order valence-corrected chi connectivity index (χ0v) is 15.8. The third-order valence-corrected chi connectivity index (χ3v) is 12.4. The number of benzene rings is 1. The van der Waals surface area contributed by atoms with Gasteiger partial charge in [-0.05, 0) is 28.3 Å². The first kappa shape index (κ1) is 17.1. The van der Waals surface area contributed by atoms with Crippen LogP contribution in [0.1, 0.15) is 47.1 Å². The van der Waals surface area contributed by atoms with Crippen molar-refractivity contribution >= 4 is 19.8 Å². The van der Waals surface area contributed by atoms with E-state index in [0.717, 1.165) is 6.42 Å². The fraction of sp³-hybridized carbons (Fsp3) is 0.611. The third-order valence-electron chi connectivity index (χ3n) is 5.50. The highest BCUT2D eigenvalue weighted by atomic mass is 28.3. The van der Waals surface area contributed by atoms with Crippen molar-refractivity contribution in [1.29, 1.82) is 0 Å². The highest BCUT2D eigenvalue weighted by molar-refractivity contribution is 6.87. The number of fused-ring (bicyclic) bond motifs is 1. The molecule has 0 saturated carbocycles. The van der Waals surface area contributed by atoms with E-state index in [1.807, 2.05) is 0 Å². The lowest BCUT2D eigenvalue weighted by molar-refractivity contribution is -0.118. The van der Waals surface area contributed by atoms with Crippen LogP contribution in [-0.4, -0.2) is 20.2 Å². The van der Waals surface area contributed by atoms with Gasteiger partial charge in [-0.25, -0.2) is 0 Å². The van der Waals surface area contributed by atoms with Gasteiger partial charge in [0.1, 0.15) is 6.04 Å². The molecule has 0 saturated heterocycles. The number of primary amides is 1. The molecule has 1 heterocycles. The van der Waals surface area contributed by atoms with Gasteiger partial charge in [0.05, 0.1) is 0 Å². The molecular formula is C18H30N2OSi. The molecular weight excluding hydrogens is 288 g/mol. The summed E-state index contributed by atoms with van der Waals surface area (Å²) in [4.78, 5) is 12.2. The molecule has 1 aliphatic heterocycles. The topological polar surface area (TPSA) is 46.3 Å². The first-order valence-corrected chi connectivity index (χ1v) is 10.6. The molecule has 3 nitrogen and oxygen atoms in total. The van der Waals surface area contributed by atoms with Crippen LogP contribution in [0, 0.1) is 0 Å². The molecule has 0 radical (unpaired) electrons. The Labute approximate surface area is 136 Å². The minimum Gasteiger partial charge on any atom is -0.385 e. The van der Waals surface area contributed by atoms with Crippen molar-refractivity contribution in [2.24, 2.45) is 5.73 Å². The Bertz CT molecular complexity index is 532. The van der Waals surface area contributed by atoms with Crippen LogP contribution in [0.3, 0.4) is 0 Å². The van der Waals surface area contributed by atoms with E-state index in [4.69, 9.17) is 5.73 Å².